The Bertz CT molecular complexity index is 1100. The van der Waals surface area contributed by atoms with Gasteiger partial charge in [0.25, 0.3) is 11.5 Å². The molecule has 0 aliphatic rings. The van der Waals surface area contributed by atoms with E-state index in [0.29, 0.717) is 11.5 Å². The van der Waals surface area contributed by atoms with Crippen LogP contribution in [-0.4, -0.2) is 30.7 Å². The second kappa shape index (κ2) is 7.56. The summed E-state index contributed by atoms with van der Waals surface area (Å²) in [6, 6.07) is 11.6. The van der Waals surface area contributed by atoms with Gasteiger partial charge < -0.3 is 9.73 Å². The zero-order valence-corrected chi connectivity index (χ0v) is 14.8. The molecule has 0 spiro atoms. The summed E-state index contributed by atoms with van der Waals surface area (Å²) in [5, 5.41) is 11.9. The standard InChI is InChI=1S/C17H16N4O5S/c18-27(24,25)13-5-3-12(4-6-13)17(23)19-9-10-21-16(22)8-7-14(20-21)15-2-1-11-26-15/h1-8,11H,9-10H2,(H,19,23)(H2,18,24,25). The highest BCUT2D eigenvalue weighted by molar-refractivity contribution is 7.89. The molecule has 0 saturated carbocycles. The van der Waals surface area contributed by atoms with Crippen molar-refractivity contribution in [1.82, 2.24) is 15.1 Å². The third-order valence-corrected chi connectivity index (χ3v) is 4.62. The molecule has 3 N–H and O–H groups in total. The molecule has 1 amide bonds. The summed E-state index contributed by atoms with van der Waals surface area (Å²) >= 11 is 0. The molecule has 0 unspecified atom stereocenters. The van der Waals surface area contributed by atoms with E-state index in [2.05, 4.69) is 10.4 Å². The Morgan fingerprint density at radius 2 is 1.89 bits per heavy atom. The van der Waals surface area contributed by atoms with Crippen molar-refractivity contribution < 1.29 is 17.6 Å². The number of furan rings is 1. The number of aromatic nitrogens is 2. The van der Waals surface area contributed by atoms with E-state index in [1.54, 1.807) is 18.2 Å². The summed E-state index contributed by atoms with van der Waals surface area (Å²) in [7, 11) is -3.81. The Morgan fingerprint density at radius 1 is 1.15 bits per heavy atom. The van der Waals surface area contributed by atoms with Gasteiger partial charge in [0.15, 0.2) is 5.76 Å². The lowest BCUT2D eigenvalue weighted by molar-refractivity contribution is 0.0951. The maximum atomic E-state index is 12.1. The molecule has 3 aromatic rings. The van der Waals surface area contributed by atoms with Crippen molar-refractivity contribution in [3.63, 3.8) is 0 Å². The van der Waals surface area contributed by atoms with Crippen molar-refractivity contribution in [2.24, 2.45) is 5.14 Å². The van der Waals surface area contributed by atoms with Gasteiger partial charge >= 0.3 is 0 Å². The second-order valence-electron chi connectivity index (χ2n) is 5.58. The molecule has 27 heavy (non-hydrogen) atoms. The van der Waals surface area contributed by atoms with Crippen molar-refractivity contribution in [3.8, 4) is 11.5 Å². The minimum absolute atomic E-state index is 0.0791. The number of carbonyl (C=O) groups excluding carboxylic acids is 1. The summed E-state index contributed by atoms with van der Waals surface area (Å²) in [4.78, 5) is 23.9. The van der Waals surface area contributed by atoms with E-state index in [9.17, 15) is 18.0 Å². The number of rotatable bonds is 6. The van der Waals surface area contributed by atoms with E-state index < -0.39 is 15.9 Å². The molecule has 10 heteroatoms. The topological polar surface area (TPSA) is 137 Å². The van der Waals surface area contributed by atoms with Gasteiger partial charge in [0.1, 0.15) is 5.69 Å². The lowest BCUT2D eigenvalue weighted by Crippen LogP contribution is -2.32. The number of sulfonamides is 1. The molecule has 0 atom stereocenters. The van der Waals surface area contributed by atoms with Crippen LogP contribution >= 0.6 is 0 Å². The predicted molar refractivity (Wildman–Crippen MR) is 96.3 cm³/mol. The van der Waals surface area contributed by atoms with E-state index in [4.69, 9.17) is 9.56 Å². The molecular formula is C17H16N4O5S. The first-order chi connectivity index (χ1) is 12.8. The van der Waals surface area contributed by atoms with E-state index in [1.165, 1.54) is 41.3 Å². The number of nitrogens with zero attached hydrogens (tertiary/aromatic N) is 2. The quantitative estimate of drug-likeness (QED) is 0.634. The fourth-order valence-electron chi connectivity index (χ4n) is 2.34. The minimum atomic E-state index is -3.81. The number of carbonyl (C=O) groups is 1. The molecular weight excluding hydrogens is 372 g/mol. The molecule has 0 bridgehead atoms. The monoisotopic (exact) mass is 388 g/mol. The number of nitrogens with one attached hydrogen (secondary N) is 1. The van der Waals surface area contributed by atoms with Gasteiger partial charge in [-0.05, 0) is 42.5 Å². The van der Waals surface area contributed by atoms with Crippen molar-refractivity contribution in [3.05, 3.63) is 70.7 Å². The lowest BCUT2D eigenvalue weighted by Gasteiger charge is -2.08. The molecule has 0 aliphatic carbocycles. The van der Waals surface area contributed by atoms with Crippen LogP contribution in [0.15, 0.2) is 68.9 Å². The van der Waals surface area contributed by atoms with Crippen molar-refractivity contribution in [2.45, 2.75) is 11.4 Å². The first kappa shape index (κ1) is 18.5. The number of primary sulfonamides is 1. The molecule has 140 valence electrons. The van der Waals surface area contributed by atoms with Gasteiger partial charge in [-0.2, -0.15) is 5.10 Å². The van der Waals surface area contributed by atoms with Crippen LogP contribution in [0.3, 0.4) is 0 Å². The van der Waals surface area contributed by atoms with Crippen LogP contribution in [0.25, 0.3) is 11.5 Å². The lowest BCUT2D eigenvalue weighted by atomic mass is 10.2. The van der Waals surface area contributed by atoms with E-state index >= 15 is 0 Å². The van der Waals surface area contributed by atoms with Crippen molar-refractivity contribution in [2.75, 3.05) is 6.54 Å². The van der Waals surface area contributed by atoms with E-state index in [-0.39, 0.29) is 29.1 Å². The summed E-state index contributed by atoms with van der Waals surface area (Å²) in [6.07, 6.45) is 1.51. The summed E-state index contributed by atoms with van der Waals surface area (Å²) in [5.41, 5.74) is 0.466. The Kier molecular flexibility index (Phi) is 5.19. The number of hydrogen-bond donors (Lipinski definition) is 2. The van der Waals surface area contributed by atoms with Gasteiger partial charge in [-0.1, -0.05) is 0 Å². The van der Waals surface area contributed by atoms with Crippen LogP contribution in [0.4, 0.5) is 0 Å². The van der Waals surface area contributed by atoms with Crippen molar-refractivity contribution >= 4 is 15.9 Å². The number of hydrogen-bond acceptors (Lipinski definition) is 6. The molecule has 0 fully saturated rings. The summed E-state index contributed by atoms with van der Waals surface area (Å²) in [5.74, 6) is 0.119. The third kappa shape index (κ3) is 4.49. The zero-order chi connectivity index (χ0) is 19.4. The van der Waals surface area contributed by atoms with Crippen LogP contribution in [0.5, 0.6) is 0 Å². The van der Waals surface area contributed by atoms with Crippen molar-refractivity contribution in [1.29, 1.82) is 0 Å². The van der Waals surface area contributed by atoms with Crippen LogP contribution in [0, 0.1) is 0 Å². The fraction of sp³-hybridized carbons (Fsp3) is 0.118. The Labute approximate surface area is 154 Å². The first-order valence-corrected chi connectivity index (χ1v) is 9.42. The van der Waals surface area contributed by atoms with Gasteiger partial charge in [0, 0.05) is 18.2 Å². The average molecular weight is 388 g/mol. The maximum Gasteiger partial charge on any atom is 0.266 e. The van der Waals surface area contributed by atoms with Gasteiger partial charge in [0.05, 0.1) is 17.7 Å². The van der Waals surface area contributed by atoms with Crippen LogP contribution in [-0.2, 0) is 16.6 Å². The Balaban J connectivity index is 1.63. The summed E-state index contributed by atoms with van der Waals surface area (Å²) in [6.45, 7) is 0.318. The molecule has 2 aromatic heterocycles. The molecule has 0 saturated heterocycles. The van der Waals surface area contributed by atoms with Gasteiger partial charge in [-0.15, -0.1) is 0 Å². The normalized spacial score (nSPS) is 11.3. The average Bonchev–Trinajstić information content (AvgIpc) is 3.17. The SMILES string of the molecule is NS(=O)(=O)c1ccc(C(=O)NCCn2nc(-c3ccco3)ccc2=O)cc1. The highest BCUT2D eigenvalue weighted by atomic mass is 32.2. The summed E-state index contributed by atoms with van der Waals surface area (Å²) < 4.78 is 28.9. The first-order valence-electron chi connectivity index (χ1n) is 7.88. The molecule has 1 aromatic carbocycles. The Hall–Kier alpha value is -3.24. The van der Waals surface area contributed by atoms with Gasteiger partial charge in [-0.3, -0.25) is 9.59 Å². The van der Waals surface area contributed by atoms with Gasteiger partial charge in [-0.25, -0.2) is 18.2 Å². The second-order valence-corrected chi connectivity index (χ2v) is 7.14. The highest BCUT2D eigenvalue weighted by Crippen LogP contribution is 2.15. The number of amides is 1. The molecule has 9 nitrogen and oxygen atoms in total. The third-order valence-electron chi connectivity index (χ3n) is 3.69. The highest BCUT2D eigenvalue weighted by Gasteiger charge is 2.10. The Morgan fingerprint density at radius 3 is 2.52 bits per heavy atom. The molecule has 0 aliphatic heterocycles. The van der Waals surface area contributed by atoms with Crippen LogP contribution in [0.1, 0.15) is 10.4 Å². The zero-order valence-electron chi connectivity index (χ0n) is 14.0. The molecule has 2 heterocycles. The molecule has 0 radical (unpaired) electrons. The van der Waals surface area contributed by atoms with E-state index in [1.807, 2.05) is 0 Å². The van der Waals surface area contributed by atoms with E-state index in [0.717, 1.165) is 0 Å². The number of benzene rings is 1. The number of nitrogens with two attached hydrogens (primary N) is 1. The largest absolute Gasteiger partial charge is 0.463 e. The fourth-order valence-corrected chi connectivity index (χ4v) is 2.85. The smallest absolute Gasteiger partial charge is 0.266 e. The molecule has 3 rings (SSSR count). The minimum Gasteiger partial charge on any atom is -0.463 e. The maximum absolute atomic E-state index is 12.1. The van der Waals surface area contributed by atoms with Crippen LogP contribution < -0.4 is 16.0 Å². The van der Waals surface area contributed by atoms with Gasteiger partial charge in [0.2, 0.25) is 10.0 Å². The predicted octanol–water partition coefficient (Wildman–Crippen LogP) is 0.581. The van der Waals surface area contributed by atoms with Crippen LogP contribution in [0.2, 0.25) is 0 Å².